The van der Waals surface area contributed by atoms with E-state index in [4.69, 9.17) is 0 Å². The lowest BCUT2D eigenvalue weighted by Gasteiger charge is -2.26. The van der Waals surface area contributed by atoms with Crippen LogP contribution in [0.3, 0.4) is 0 Å². The molecule has 3 aromatic heterocycles. The molecule has 0 N–H and O–H groups in total. The third kappa shape index (κ3) is 18.5. The Balaban J connectivity index is 0.000000116. The van der Waals surface area contributed by atoms with Crippen LogP contribution in [0.4, 0.5) is 51.2 Å². The minimum absolute atomic E-state index is 1.10. The van der Waals surface area contributed by atoms with Crippen LogP contribution in [0.1, 0.15) is 0 Å². The molecule has 0 bridgehead atoms. The summed E-state index contributed by atoms with van der Waals surface area (Å²) in [5.74, 6) is 0. The summed E-state index contributed by atoms with van der Waals surface area (Å²) in [6, 6.07) is 222. The Bertz CT molecular complexity index is 8990. The van der Waals surface area contributed by atoms with Crippen molar-refractivity contribution in [3.8, 4) is 117 Å². The first-order valence-corrected chi connectivity index (χ1v) is 51.3. The first kappa shape index (κ1) is 91.3. The first-order chi connectivity index (χ1) is 74.4. The Morgan fingerprint density at radius 2 is 0.247 bits per heavy atom. The summed E-state index contributed by atoms with van der Waals surface area (Å²) < 4.78 is 7.13. The van der Waals surface area contributed by atoms with E-state index in [9.17, 15) is 0 Å². The summed E-state index contributed by atoms with van der Waals surface area (Å²) in [7, 11) is 0. The Hall–Kier alpha value is -19.9. The fourth-order valence-electron chi connectivity index (χ4n) is 21.4. The monoisotopic (exact) mass is 1910 g/mol. The molecular weight excluding hydrogens is 1810 g/mol. The van der Waals surface area contributed by atoms with Gasteiger partial charge in [-0.25, -0.2) is 0 Å². The van der Waals surface area contributed by atoms with Crippen LogP contribution < -0.4 is 14.7 Å². The number of para-hydroxylation sites is 6. The highest BCUT2D eigenvalue weighted by Crippen LogP contribution is 2.46. The Morgan fingerprint density at radius 3 is 0.480 bits per heavy atom. The van der Waals surface area contributed by atoms with Gasteiger partial charge in [-0.15, -0.1) is 0 Å². The number of nitrogens with zero attached hydrogens (tertiary/aromatic N) is 6. The SMILES string of the molecule is c1ccc(-c2ccc(N(c3ccc(-c4ccccc4)cc3)c3ccc(-c4cccc(-n5c6ccccc6c6ccccc65)c4)cc3)cc2)cc1.c1ccc(-c2ccc(N(c3ccc(-c4ccccc4)cc3)c3cccc(-c4ccc(-n5c6ccccc6c6ccccc65)cc4)c3)cc2)cc1.c1ccc(-c2ccc(N(c3ccc(-c4ccccc4)cc3)c3cccc(-c4cccc(-n5c6ccccc6c6ccccc65)c4)c3)cc2)cc1. The first-order valence-electron chi connectivity index (χ1n) is 51.3. The minimum Gasteiger partial charge on any atom is -0.311 e. The van der Waals surface area contributed by atoms with Crippen LogP contribution in [-0.4, -0.2) is 13.7 Å². The van der Waals surface area contributed by atoms with Gasteiger partial charge in [0.25, 0.3) is 0 Å². The van der Waals surface area contributed by atoms with Crippen molar-refractivity contribution in [1.29, 1.82) is 0 Å². The van der Waals surface area contributed by atoms with E-state index in [1.807, 2.05) is 0 Å². The van der Waals surface area contributed by atoms with Gasteiger partial charge in [-0.05, 0) is 282 Å². The third-order valence-electron chi connectivity index (χ3n) is 28.8. The van der Waals surface area contributed by atoms with Crippen LogP contribution in [0.25, 0.3) is 183 Å². The van der Waals surface area contributed by atoms with Gasteiger partial charge in [0.1, 0.15) is 0 Å². The summed E-state index contributed by atoms with van der Waals surface area (Å²) in [6.45, 7) is 0. The second kappa shape index (κ2) is 41.4. The van der Waals surface area contributed by atoms with Crippen LogP contribution >= 0.6 is 0 Å². The van der Waals surface area contributed by atoms with Crippen LogP contribution in [0.2, 0.25) is 0 Å². The Labute approximate surface area is 874 Å². The van der Waals surface area contributed by atoms with Gasteiger partial charge >= 0.3 is 0 Å². The summed E-state index contributed by atoms with van der Waals surface area (Å²) in [6.07, 6.45) is 0. The van der Waals surface area contributed by atoms with Crippen LogP contribution in [0.15, 0.2) is 619 Å². The van der Waals surface area contributed by atoms with Crippen molar-refractivity contribution in [3.05, 3.63) is 619 Å². The average molecular weight is 1920 g/mol. The van der Waals surface area contributed by atoms with Gasteiger partial charge in [-0.2, -0.15) is 0 Å². The quantitative estimate of drug-likeness (QED) is 0.0717. The number of hydrogen-bond acceptors (Lipinski definition) is 3. The van der Waals surface area contributed by atoms with Crippen molar-refractivity contribution in [2.45, 2.75) is 0 Å². The molecular formula is C144H102N6. The topological polar surface area (TPSA) is 24.5 Å². The van der Waals surface area contributed by atoms with Gasteiger partial charge in [0, 0.05) is 101 Å². The molecule has 27 aromatic rings. The van der Waals surface area contributed by atoms with Crippen molar-refractivity contribution < 1.29 is 0 Å². The van der Waals surface area contributed by atoms with Crippen molar-refractivity contribution in [1.82, 2.24) is 13.7 Å². The molecule has 0 aliphatic heterocycles. The maximum Gasteiger partial charge on any atom is 0.0541 e. The van der Waals surface area contributed by atoms with Crippen molar-refractivity contribution >= 4 is 117 Å². The fraction of sp³-hybridized carbons (Fsp3) is 0. The zero-order chi connectivity index (χ0) is 99.8. The second-order valence-corrected chi connectivity index (χ2v) is 37.9. The maximum absolute atomic E-state index is 2.38. The second-order valence-electron chi connectivity index (χ2n) is 37.9. The Kier molecular flexibility index (Phi) is 25.2. The normalized spacial score (nSPS) is 11.2. The van der Waals surface area contributed by atoms with Crippen molar-refractivity contribution in [2.24, 2.45) is 0 Å². The van der Waals surface area contributed by atoms with Crippen LogP contribution in [-0.2, 0) is 0 Å². The van der Waals surface area contributed by atoms with Crippen molar-refractivity contribution in [2.75, 3.05) is 14.7 Å². The maximum atomic E-state index is 2.38. The van der Waals surface area contributed by atoms with Crippen molar-refractivity contribution in [3.63, 3.8) is 0 Å². The van der Waals surface area contributed by atoms with Gasteiger partial charge in [-0.1, -0.05) is 437 Å². The molecule has 27 rings (SSSR count). The average Bonchev–Trinajstić information content (AvgIpc) is 1.61. The molecule has 0 unspecified atom stereocenters. The number of anilines is 9. The zero-order valence-electron chi connectivity index (χ0n) is 82.6. The lowest BCUT2D eigenvalue weighted by Crippen LogP contribution is -2.10. The molecule has 0 amide bonds. The number of aromatic nitrogens is 3. The zero-order valence-corrected chi connectivity index (χ0v) is 82.6. The lowest BCUT2D eigenvalue weighted by atomic mass is 10.0. The summed E-state index contributed by atoms with van der Waals surface area (Å²) in [5.41, 5.74) is 42.2. The molecule has 6 heteroatoms. The molecule has 0 aliphatic carbocycles. The smallest absolute Gasteiger partial charge is 0.0541 e. The molecule has 0 saturated heterocycles. The number of fused-ring (bicyclic) bond motifs is 9. The molecule has 708 valence electrons. The van der Waals surface area contributed by atoms with Crippen LogP contribution in [0, 0.1) is 0 Å². The number of hydrogen-bond donors (Lipinski definition) is 0. The summed E-state index contributed by atoms with van der Waals surface area (Å²) >= 11 is 0. The van der Waals surface area contributed by atoms with Gasteiger partial charge in [0.2, 0.25) is 0 Å². The molecule has 24 aromatic carbocycles. The van der Waals surface area contributed by atoms with Gasteiger partial charge in [0.05, 0.1) is 33.1 Å². The van der Waals surface area contributed by atoms with E-state index in [1.54, 1.807) is 0 Å². The highest BCUT2D eigenvalue weighted by Gasteiger charge is 2.23. The Morgan fingerprint density at radius 1 is 0.0933 bits per heavy atom. The highest BCUT2D eigenvalue weighted by atomic mass is 15.2. The number of rotatable bonds is 21. The molecule has 0 saturated carbocycles. The van der Waals surface area contributed by atoms with E-state index >= 15 is 0 Å². The molecule has 6 nitrogen and oxygen atoms in total. The van der Waals surface area contributed by atoms with E-state index in [2.05, 4.69) is 647 Å². The predicted molar refractivity (Wildman–Crippen MR) is 635 cm³/mol. The summed E-state index contributed by atoms with van der Waals surface area (Å²) in [5, 5.41) is 7.62. The third-order valence-corrected chi connectivity index (χ3v) is 28.8. The fourth-order valence-corrected chi connectivity index (χ4v) is 21.4. The van der Waals surface area contributed by atoms with Gasteiger partial charge in [0.15, 0.2) is 0 Å². The van der Waals surface area contributed by atoms with E-state index in [1.165, 1.54) is 160 Å². The molecule has 0 atom stereocenters. The number of benzene rings is 24. The molecule has 0 aliphatic rings. The molecule has 0 fully saturated rings. The standard InChI is InChI=1S/3C48H34N2/c1-3-13-35(14-4-1)37-25-29-41(30-26-37)49(42-31-27-38(28-32-42)36-15-5-2-6-16-36)43-19-11-17-39(33-43)40-18-12-20-44(34-40)50-47-23-9-7-21-45(47)46-22-8-10-24-48(46)50;1-3-12-35(13-4-1)37-22-28-41(29-23-37)49(42-30-24-38(25-31-42)36-14-5-2-6-15-36)44-17-11-16-40(34-44)39-26-32-43(33-27-39)50-47-20-9-7-18-45(47)46-19-8-10-21-48(46)50;1-3-12-35(13-4-1)37-22-28-41(29-23-37)49(42-30-24-38(25-31-42)36-14-5-2-6-15-36)43-32-26-39(27-33-43)40-16-11-17-44(34-40)50-47-20-9-7-18-45(47)46-19-8-10-21-48(46)50/h3*1-34H. The molecule has 0 spiro atoms. The van der Waals surface area contributed by atoms with Gasteiger partial charge < -0.3 is 28.4 Å². The van der Waals surface area contributed by atoms with Crippen LogP contribution in [0.5, 0.6) is 0 Å². The summed E-state index contributed by atoms with van der Waals surface area (Å²) in [4.78, 5) is 7.03. The lowest BCUT2D eigenvalue weighted by molar-refractivity contribution is 1.18. The van der Waals surface area contributed by atoms with E-state index in [-0.39, 0.29) is 0 Å². The van der Waals surface area contributed by atoms with E-state index in [0.717, 1.165) is 73.8 Å². The minimum atomic E-state index is 1.10. The van der Waals surface area contributed by atoms with E-state index < -0.39 is 0 Å². The van der Waals surface area contributed by atoms with E-state index in [0.29, 0.717) is 0 Å². The molecule has 0 radical (unpaired) electrons. The predicted octanol–water partition coefficient (Wildman–Crippen LogP) is 39.8. The molecule has 3 heterocycles. The molecule has 150 heavy (non-hydrogen) atoms. The highest BCUT2D eigenvalue weighted by molar-refractivity contribution is 6.12. The largest absolute Gasteiger partial charge is 0.311 e. The van der Waals surface area contributed by atoms with Gasteiger partial charge in [-0.3, -0.25) is 0 Å².